The van der Waals surface area contributed by atoms with E-state index in [1.54, 1.807) is 43.5 Å². The first kappa shape index (κ1) is 25.0. The molecule has 0 radical (unpaired) electrons. The maximum absolute atomic E-state index is 14.3. The predicted molar refractivity (Wildman–Crippen MR) is 136 cm³/mol. The molecule has 3 amide bonds. The van der Waals surface area contributed by atoms with Crippen LogP contribution in [0.5, 0.6) is 0 Å². The maximum atomic E-state index is 14.3. The van der Waals surface area contributed by atoms with Crippen molar-refractivity contribution in [1.82, 2.24) is 19.5 Å². The average molecular weight is 526 g/mol. The van der Waals surface area contributed by atoms with Gasteiger partial charge >= 0.3 is 12.2 Å². The van der Waals surface area contributed by atoms with Crippen LogP contribution in [0.4, 0.5) is 15.4 Å². The Kier molecular flexibility index (Phi) is 6.31. The molecule has 0 saturated heterocycles. The van der Waals surface area contributed by atoms with Crippen molar-refractivity contribution in [3.8, 4) is 0 Å². The summed E-state index contributed by atoms with van der Waals surface area (Å²) in [6, 6.07) is 10.8. The minimum absolute atomic E-state index is 0.0142. The van der Waals surface area contributed by atoms with Gasteiger partial charge in [-0.25, -0.2) is 14.6 Å². The van der Waals surface area contributed by atoms with Gasteiger partial charge in [0.2, 0.25) is 5.28 Å². The highest BCUT2D eigenvalue weighted by molar-refractivity contribution is 6.28. The monoisotopic (exact) mass is 525 g/mol. The Balaban J connectivity index is 1.66. The number of benzene rings is 1. The Morgan fingerprint density at radius 2 is 1.76 bits per heavy atom. The molecule has 37 heavy (non-hydrogen) atoms. The lowest BCUT2D eigenvalue weighted by atomic mass is 9.79. The number of amides is 3. The van der Waals surface area contributed by atoms with Crippen molar-refractivity contribution in [2.24, 2.45) is 0 Å². The van der Waals surface area contributed by atoms with Gasteiger partial charge < -0.3 is 9.47 Å². The molecule has 3 heterocycles. The van der Waals surface area contributed by atoms with Crippen molar-refractivity contribution >= 4 is 46.5 Å². The molecule has 0 atom stereocenters. The standard InChI is InChI=1S/C26H28ClN5O5/c1-25(2,3)37-24(35)31-19-14-18-15-28-22(27)29-20(18)30(19)26(12-8-5-9-13-26)21(33)32(31)23(34)36-16-17-10-6-4-7-11-17/h4,6-7,10-11,14-15H,5,8-9,12-13,16H2,1-3H3. The number of nitrogens with zero attached hydrogens (tertiary/aromatic N) is 5. The molecule has 1 saturated carbocycles. The molecule has 3 aromatic rings. The summed E-state index contributed by atoms with van der Waals surface area (Å²) in [4.78, 5) is 49.9. The van der Waals surface area contributed by atoms with Crippen LogP contribution in [-0.2, 0) is 26.4 Å². The number of imide groups is 1. The molecular formula is C26H28ClN5O5. The molecule has 2 aromatic heterocycles. The van der Waals surface area contributed by atoms with E-state index in [0.717, 1.165) is 34.8 Å². The Morgan fingerprint density at radius 1 is 1.05 bits per heavy atom. The molecular weight excluding hydrogens is 498 g/mol. The molecule has 0 unspecified atom stereocenters. The van der Waals surface area contributed by atoms with E-state index in [0.29, 0.717) is 23.9 Å². The van der Waals surface area contributed by atoms with E-state index in [1.165, 1.54) is 6.20 Å². The van der Waals surface area contributed by atoms with Crippen molar-refractivity contribution in [3.05, 3.63) is 53.4 Å². The highest BCUT2D eigenvalue weighted by Crippen LogP contribution is 2.47. The van der Waals surface area contributed by atoms with E-state index < -0.39 is 29.2 Å². The summed E-state index contributed by atoms with van der Waals surface area (Å²) in [7, 11) is 0. The molecule has 11 heteroatoms. The van der Waals surface area contributed by atoms with Crippen LogP contribution in [-0.4, -0.2) is 43.2 Å². The van der Waals surface area contributed by atoms with Crippen molar-refractivity contribution in [2.75, 3.05) is 5.01 Å². The van der Waals surface area contributed by atoms with Gasteiger partial charge in [-0.1, -0.05) is 49.6 Å². The zero-order valence-electron chi connectivity index (χ0n) is 20.9. The Morgan fingerprint density at radius 3 is 2.43 bits per heavy atom. The lowest BCUT2D eigenvalue weighted by Crippen LogP contribution is -2.66. The summed E-state index contributed by atoms with van der Waals surface area (Å²) < 4.78 is 12.9. The van der Waals surface area contributed by atoms with E-state index in [1.807, 2.05) is 18.2 Å². The van der Waals surface area contributed by atoms with Crippen molar-refractivity contribution in [2.45, 2.75) is 70.6 Å². The molecule has 5 rings (SSSR count). The normalized spacial score (nSPS) is 17.1. The van der Waals surface area contributed by atoms with Crippen molar-refractivity contribution < 1.29 is 23.9 Å². The van der Waals surface area contributed by atoms with Crippen molar-refractivity contribution in [1.29, 1.82) is 0 Å². The Hall–Kier alpha value is -3.66. The van der Waals surface area contributed by atoms with Crippen LogP contribution in [0.2, 0.25) is 5.28 Å². The first-order valence-corrected chi connectivity index (χ1v) is 12.6. The Labute approximate surface area is 219 Å². The highest BCUT2D eigenvalue weighted by Gasteiger charge is 2.56. The zero-order chi connectivity index (χ0) is 26.4. The van der Waals surface area contributed by atoms with Gasteiger partial charge in [-0.15, -0.1) is 5.01 Å². The first-order valence-electron chi connectivity index (χ1n) is 12.2. The Bertz CT molecular complexity index is 1360. The fourth-order valence-electron chi connectivity index (χ4n) is 5.02. The number of aromatic nitrogens is 3. The molecule has 10 nitrogen and oxygen atoms in total. The SMILES string of the molecule is CC(C)(C)OC(=O)N1c2cc3cnc(Cl)nc3n2C2(CCCCC2)C(=O)N1C(=O)OCc1ccccc1. The van der Waals surface area contributed by atoms with Gasteiger partial charge in [0.1, 0.15) is 29.2 Å². The molecule has 1 fully saturated rings. The van der Waals surface area contributed by atoms with E-state index in [9.17, 15) is 14.4 Å². The van der Waals surface area contributed by atoms with Crippen LogP contribution < -0.4 is 5.01 Å². The van der Waals surface area contributed by atoms with Gasteiger partial charge in [-0.05, 0) is 56.8 Å². The number of hydrazine groups is 1. The lowest BCUT2D eigenvalue weighted by molar-refractivity contribution is -0.143. The average Bonchev–Trinajstić information content (AvgIpc) is 3.23. The van der Waals surface area contributed by atoms with E-state index in [4.69, 9.17) is 21.1 Å². The third-order valence-corrected chi connectivity index (χ3v) is 6.73. The van der Waals surface area contributed by atoms with Crippen LogP contribution in [0.25, 0.3) is 11.0 Å². The number of halogens is 1. The van der Waals surface area contributed by atoms with Gasteiger partial charge in [-0.3, -0.25) is 9.36 Å². The van der Waals surface area contributed by atoms with Crippen LogP contribution in [0, 0.1) is 0 Å². The maximum Gasteiger partial charge on any atom is 0.437 e. The second-order valence-electron chi connectivity index (χ2n) is 10.3. The summed E-state index contributed by atoms with van der Waals surface area (Å²) >= 11 is 6.14. The van der Waals surface area contributed by atoms with Crippen LogP contribution in [0.3, 0.4) is 0 Å². The van der Waals surface area contributed by atoms with Gasteiger partial charge in [0.25, 0.3) is 5.91 Å². The number of carbonyl (C=O) groups is 3. The minimum Gasteiger partial charge on any atom is -0.443 e. The highest BCUT2D eigenvalue weighted by atomic mass is 35.5. The smallest absolute Gasteiger partial charge is 0.437 e. The second-order valence-corrected chi connectivity index (χ2v) is 10.6. The molecule has 1 aliphatic carbocycles. The van der Waals surface area contributed by atoms with Gasteiger partial charge in [0, 0.05) is 11.6 Å². The van der Waals surface area contributed by atoms with Crippen LogP contribution in [0.1, 0.15) is 58.4 Å². The zero-order valence-corrected chi connectivity index (χ0v) is 21.7. The number of rotatable bonds is 2. The van der Waals surface area contributed by atoms with E-state index in [-0.39, 0.29) is 17.7 Å². The van der Waals surface area contributed by atoms with Crippen molar-refractivity contribution in [3.63, 3.8) is 0 Å². The predicted octanol–water partition coefficient (Wildman–Crippen LogP) is 5.58. The fraction of sp³-hybridized carbons (Fsp3) is 0.423. The third kappa shape index (κ3) is 4.50. The van der Waals surface area contributed by atoms with Gasteiger partial charge in [0.05, 0.1) is 0 Å². The number of hydrogen-bond donors (Lipinski definition) is 0. The molecule has 0 bridgehead atoms. The first-order chi connectivity index (χ1) is 17.6. The lowest BCUT2D eigenvalue weighted by Gasteiger charge is -2.48. The van der Waals surface area contributed by atoms with E-state index in [2.05, 4.69) is 9.97 Å². The number of carbonyl (C=O) groups excluding carboxylic acids is 3. The fourth-order valence-corrected chi connectivity index (χ4v) is 5.15. The molecule has 1 aromatic carbocycles. The molecule has 1 aliphatic heterocycles. The summed E-state index contributed by atoms with van der Waals surface area (Å²) in [6.07, 6.45) is 3.09. The summed E-state index contributed by atoms with van der Waals surface area (Å²) in [5, 5.41) is 2.31. The summed E-state index contributed by atoms with van der Waals surface area (Å²) in [5.74, 6) is -0.310. The van der Waals surface area contributed by atoms with Gasteiger partial charge in [0.15, 0.2) is 0 Å². The van der Waals surface area contributed by atoms with Crippen LogP contribution in [0.15, 0.2) is 42.6 Å². The molecule has 2 aliphatic rings. The molecule has 1 spiro atoms. The topological polar surface area (TPSA) is 107 Å². The second kappa shape index (κ2) is 9.33. The number of hydrogen-bond acceptors (Lipinski definition) is 7. The van der Waals surface area contributed by atoms with E-state index >= 15 is 0 Å². The quantitative estimate of drug-likeness (QED) is 0.402. The number of anilines is 1. The van der Waals surface area contributed by atoms with Gasteiger partial charge in [-0.2, -0.15) is 9.99 Å². The number of ether oxygens (including phenoxy) is 2. The molecule has 0 N–H and O–H groups in total. The summed E-state index contributed by atoms with van der Waals surface area (Å²) in [6.45, 7) is 5.05. The summed E-state index contributed by atoms with van der Waals surface area (Å²) in [5.41, 5.74) is -0.872. The minimum atomic E-state index is -1.14. The third-order valence-electron chi connectivity index (χ3n) is 6.55. The van der Waals surface area contributed by atoms with Crippen LogP contribution >= 0.6 is 11.6 Å². The largest absolute Gasteiger partial charge is 0.443 e. The molecule has 194 valence electrons. The number of fused-ring (bicyclic) bond motifs is 4.